The summed E-state index contributed by atoms with van der Waals surface area (Å²) < 4.78 is 0. The molecule has 0 bridgehead atoms. The van der Waals surface area contributed by atoms with Gasteiger partial charge in [-0.1, -0.05) is 19.3 Å². The smallest absolute Gasteiger partial charge is 0.235 e. The lowest BCUT2D eigenvalue weighted by molar-refractivity contribution is -0.125. The molecule has 3 rings (SSSR count). The third kappa shape index (κ3) is 3.22. The minimum atomic E-state index is -0.599. The van der Waals surface area contributed by atoms with Crippen LogP contribution in [0.25, 0.3) is 0 Å². The number of hydrogen-bond acceptors (Lipinski definition) is 4. The Balaban J connectivity index is 1.57. The van der Waals surface area contributed by atoms with Crippen molar-refractivity contribution in [3.8, 4) is 6.07 Å². The number of piperidine rings is 1. The largest absolute Gasteiger partial charge is 0.337 e. The van der Waals surface area contributed by atoms with Crippen molar-refractivity contribution < 1.29 is 4.79 Å². The highest BCUT2D eigenvalue weighted by molar-refractivity contribution is 5.79. The summed E-state index contributed by atoms with van der Waals surface area (Å²) >= 11 is 0. The molecule has 0 aromatic heterocycles. The van der Waals surface area contributed by atoms with Crippen molar-refractivity contribution in [3.63, 3.8) is 0 Å². The normalized spacial score (nSPS) is 32.1. The Morgan fingerprint density at radius 3 is 2.86 bits per heavy atom. The van der Waals surface area contributed by atoms with Gasteiger partial charge in [-0.05, 0) is 44.7 Å². The Bertz CT molecular complexity index is 424. The van der Waals surface area contributed by atoms with Crippen LogP contribution < -0.4 is 10.6 Å². The lowest BCUT2D eigenvalue weighted by atomic mass is 9.83. The molecule has 0 radical (unpaired) electrons. The van der Waals surface area contributed by atoms with Gasteiger partial charge in [0.05, 0.1) is 12.6 Å². The highest BCUT2D eigenvalue weighted by Gasteiger charge is 2.38. The Morgan fingerprint density at radius 1 is 1.29 bits per heavy atom. The predicted molar refractivity (Wildman–Crippen MR) is 80.5 cm³/mol. The molecule has 3 fully saturated rings. The minimum absolute atomic E-state index is 0.0333. The average molecular weight is 290 g/mol. The maximum atomic E-state index is 12.4. The van der Waals surface area contributed by atoms with Crippen molar-refractivity contribution in [2.75, 3.05) is 26.2 Å². The lowest BCUT2D eigenvalue weighted by Gasteiger charge is -2.38. The number of rotatable bonds is 3. The van der Waals surface area contributed by atoms with Crippen LogP contribution in [0, 0.1) is 17.2 Å². The average Bonchev–Trinajstić information content (AvgIpc) is 2.98. The Kier molecular flexibility index (Phi) is 4.46. The number of likely N-dealkylation sites (tertiary alicyclic amines) is 1. The monoisotopic (exact) mass is 290 g/mol. The standard InChI is InChI=1S/C16H26N4O/c17-12-16(6-2-1-3-7-16)19-15(21)11-20-8-4-5-13-9-18-10-14(13)20/h13-14,18H,1-11H2,(H,19,21). The first-order chi connectivity index (χ1) is 10.2. The first-order valence-corrected chi connectivity index (χ1v) is 8.39. The first kappa shape index (κ1) is 14.8. The number of amides is 1. The summed E-state index contributed by atoms with van der Waals surface area (Å²) in [6, 6.07) is 2.88. The number of carbonyl (C=O) groups is 1. The van der Waals surface area contributed by atoms with Crippen LogP contribution in [0.5, 0.6) is 0 Å². The van der Waals surface area contributed by atoms with Crippen molar-refractivity contribution in [1.29, 1.82) is 5.26 Å². The molecule has 2 N–H and O–H groups in total. The van der Waals surface area contributed by atoms with Crippen molar-refractivity contribution in [3.05, 3.63) is 0 Å². The Morgan fingerprint density at radius 2 is 2.10 bits per heavy atom. The highest BCUT2D eigenvalue weighted by atomic mass is 16.2. The molecule has 3 aliphatic rings. The van der Waals surface area contributed by atoms with Gasteiger partial charge in [0.2, 0.25) is 5.91 Å². The van der Waals surface area contributed by atoms with Gasteiger partial charge in [0.1, 0.15) is 5.54 Å². The van der Waals surface area contributed by atoms with Crippen LogP contribution >= 0.6 is 0 Å². The third-order valence-corrected chi connectivity index (χ3v) is 5.44. The van der Waals surface area contributed by atoms with E-state index in [1.54, 1.807) is 0 Å². The molecule has 1 amide bonds. The zero-order chi connectivity index (χ0) is 14.7. The van der Waals surface area contributed by atoms with Crippen LogP contribution in [0.3, 0.4) is 0 Å². The van der Waals surface area contributed by atoms with Crippen molar-refractivity contribution in [1.82, 2.24) is 15.5 Å². The second-order valence-electron chi connectivity index (χ2n) is 6.90. The summed E-state index contributed by atoms with van der Waals surface area (Å²) in [6.07, 6.45) is 7.35. The Labute approximate surface area is 127 Å². The maximum Gasteiger partial charge on any atom is 0.235 e. The number of carbonyl (C=O) groups excluding carboxylic acids is 1. The van der Waals surface area contributed by atoms with E-state index in [1.807, 2.05) is 0 Å². The number of fused-ring (bicyclic) bond motifs is 1. The van der Waals surface area contributed by atoms with E-state index < -0.39 is 5.54 Å². The van der Waals surface area contributed by atoms with Gasteiger partial charge in [0.15, 0.2) is 0 Å². The predicted octanol–water partition coefficient (Wildman–Crippen LogP) is 1.01. The molecule has 2 heterocycles. The molecule has 0 spiro atoms. The molecule has 5 heteroatoms. The summed E-state index contributed by atoms with van der Waals surface area (Å²) in [5.41, 5.74) is -0.599. The molecular weight excluding hydrogens is 264 g/mol. The van der Waals surface area contributed by atoms with Crippen LogP contribution in [0.1, 0.15) is 44.9 Å². The summed E-state index contributed by atoms with van der Waals surface area (Å²) in [7, 11) is 0. The SMILES string of the molecule is N#CC1(NC(=O)CN2CCCC3CNCC32)CCCCC1. The van der Waals surface area contributed by atoms with Crippen molar-refractivity contribution in [2.24, 2.45) is 5.92 Å². The topological polar surface area (TPSA) is 68.2 Å². The number of nitrogens with zero attached hydrogens (tertiary/aromatic N) is 2. The number of nitrogens with one attached hydrogen (secondary N) is 2. The summed E-state index contributed by atoms with van der Waals surface area (Å²) in [5, 5.41) is 15.9. The Hall–Kier alpha value is -1.12. The lowest BCUT2D eigenvalue weighted by Crippen LogP contribution is -2.54. The van der Waals surface area contributed by atoms with E-state index in [9.17, 15) is 10.1 Å². The fourth-order valence-electron chi connectivity index (χ4n) is 4.27. The molecule has 2 aliphatic heterocycles. The van der Waals surface area contributed by atoms with Gasteiger partial charge in [0, 0.05) is 12.6 Å². The van der Waals surface area contributed by atoms with E-state index in [2.05, 4.69) is 21.6 Å². The molecule has 2 unspecified atom stereocenters. The highest BCUT2D eigenvalue weighted by Crippen LogP contribution is 2.28. The van der Waals surface area contributed by atoms with Crippen LogP contribution in [-0.4, -0.2) is 48.6 Å². The summed E-state index contributed by atoms with van der Waals surface area (Å²) in [4.78, 5) is 14.7. The van der Waals surface area contributed by atoms with E-state index in [0.717, 1.165) is 45.3 Å². The zero-order valence-electron chi connectivity index (χ0n) is 12.7. The van der Waals surface area contributed by atoms with Crippen LogP contribution in [0.2, 0.25) is 0 Å². The number of nitriles is 1. The van der Waals surface area contributed by atoms with Crippen LogP contribution in [-0.2, 0) is 4.79 Å². The van der Waals surface area contributed by atoms with Gasteiger partial charge in [-0.15, -0.1) is 0 Å². The molecule has 0 aromatic carbocycles. The van der Waals surface area contributed by atoms with Crippen LogP contribution in [0.4, 0.5) is 0 Å². The molecular formula is C16H26N4O. The minimum Gasteiger partial charge on any atom is -0.337 e. The van der Waals surface area contributed by atoms with Crippen molar-refractivity contribution >= 4 is 5.91 Å². The maximum absolute atomic E-state index is 12.4. The molecule has 1 aliphatic carbocycles. The summed E-state index contributed by atoms with van der Waals surface area (Å²) in [6.45, 7) is 3.55. The zero-order valence-corrected chi connectivity index (χ0v) is 12.7. The van der Waals surface area contributed by atoms with Gasteiger partial charge in [0.25, 0.3) is 0 Å². The molecule has 116 valence electrons. The molecule has 5 nitrogen and oxygen atoms in total. The second kappa shape index (κ2) is 6.33. The van der Waals surface area contributed by atoms with E-state index in [4.69, 9.17) is 0 Å². The van der Waals surface area contributed by atoms with Crippen LogP contribution in [0.15, 0.2) is 0 Å². The fraction of sp³-hybridized carbons (Fsp3) is 0.875. The first-order valence-electron chi connectivity index (χ1n) is 8.39. The van der Waals surface area contributed by atoms with Gasteiger partial charge >= 0.3 is 0 Å². The quantitative estimate of drug-likeness (QED) is 0.814. The molecule has 1 saturated carbocycles. The van der Waals surface area contributed by atoms with E-state index in [0.29, 0.717) is 18.5 Å². The molecule has 2 saturated heterocycles. The third-order valence-electron chi connectivity index (χ3n) is 5.44. The molecule has 21 heavy (non-hydrogen) atoms. The molecule has 2 atom stereocenters. The second-order valence-corrected chi connectivity index (χ2v) is 6.90. The van der Waals surface area contributed by atoms with Gasteiger partial charge in [-0.3, -0.25) is 9.69 Å². The summed E-state index contributed by atoms with van der Waals surface area (Å²) in [5.74, 6) is 0.733. The van der Waals surface area contributed by atoms with Gasteiger partial charge in [-0.2, -0.15) is 5.26 Å². The van der Waals surface area contributed by atoms with E-state index in [1.165, 1.54) is 19.3 Å². The van der Waals surface area contributed by atoms with E-state index in [-0.39, 0.29) is 5.91 Å². The van der Waals surface area contributed by atoms with Gasteiger partial charge in [-0.25, -0.2) is 0 Å². The fourth-order valence-corrected chi connectivity index (χ4v) is 4.27. The van der Waals surface area contributed by atoms with Crippen molar-refractivity contribution in [2.45, 2.75) is 56.5 Å². The number of hydrogen-bond donors (Lipinski definition) is 2. The van der Waals surface area contributed by atoms with E-state index >= 15 is 0 Å². The molecule has 0 aromatic rings. The van der Waals surface area contributed by atoms with Gasteiger partial charge < -0.3 is 10.6 Å².